The van der Waals surface area contributed by atoms with Crippen LogP contribution in [0.4, 0.5) is 4.39 Å². The Morgan fingerprint density at radius 1 is 1.14 bits per heavy atom. The van der Waals surface area contributed by atoms with Crippen LogP contribution in [0.3, 0.4) is 0 Å². The lowest BCUT2D eigenvalue weighted by Gasteiger charge is -2.13. The minimum atomic E-state index is -0.304. The van der Waals surface area contributed by atoms with Crippen molar-refractivity contribution in [3.8, 4) is 5.69 Å². The number of rotatable bonds is 2. The van der Waals surface area contributed by atoms with Crippen LogP contribution in [-0.4, -0.2) is 14.5 Å². The lowest BCUT2D eigenvalue weighted by Crippen LogP contribution is -2.05. The molecule has 21 heavy (non-hydrogen) atoms. The molecule has 2 heterocycles. The van der Waals surface area contributed by atoms with Crippen LogP contribution in [0.5, 0.6) is 0 Å². The van der Waals surface area contributed by atoms with E-state index in [-0.39, 0.29) is 11.2 Å². The molecule has 0 bridgehead atoms. The second kappa shape index (κ2) is 5.11. The summed E-state index contributed by atoms with van der Waals surface area (Å²) in [5.74, 6) is 0.372. The largest absolute Gasteiger partial charge is 0.279 e. The molecule has 0 N–H and O–H groups in total. The summed E-state index contributed by atoms with van der Waals surface area (Å²) in [4.78, 5) is 9.09. The topological polar surface area (TPSA) is 30.7 Å². The van der Waals surface area contributed by atoms with E-state index in [0.717, 1.165) is 22.5 Å². The first-order chi connectivity index (χ1) is 9.97. The third-order valence-corrected chi connectivity index (χ3v) is 3.63. The Labute approximate surface area is 127 Å². The molecular formula is C16H15ClFN3. The van der Waals surface area contributed by atoms with Gasteiger partial charge in [-0.3, -0.25) is 4.57 Å². The molecule has 0 amide bonds. The molecular weight excluding hydrogens is 289 g/mol. The van der Waals surface area contributed by atoms with Crippen molar-refractivity contribution in [3.05, 3.63) is 53.2 Å². The third-order valence-electron chi connectivity index (χ3n) is 3.44. The SMILES string of the molecule is Cc1ccc2nc(C(C)Cl)n(-c3cc(F)ccc3C)c2n1. The van der Waals surface area contributed by atoms with Gasteiger partial charge in [-0.1, -0.05) is 6.07 Å². The van der Waals surface area contributed by atoms with Gasteiger partial charge in [-0.15, -0.1) is 11.6 Å². The number of hydrogen-bond acceptors (Lipinski definition) is 2. The van der Waals surface area contributed by atoms with Crippen LogP contribution in [0.2, 0.25) is 0 Å². The Morgan fingerprint density at radius 2 is 1.90 bits per heavy atom. The number of pyridine rings is 1. The second-order valence-corrected chi connectivity index (χ2v) is 5.80. The number of nitrogens with zero attached hydrogens (tertiary/aromatic N) is 3. The van der Waals surface area contributed by atoms with Crippen LogP contribution in [0.1, 0.15) is 29.4 Å². The molecule has 1 unspecified atom stereocenters. The van der Waals surface area contributed by atoms with Crippen molar-refractivity contribution < 1.29 is 4.39 Å². The third kappa shape index (κ3) is 2.40. The van der Waals surface area contributed by atoms with Crippen molar-refractivity contribution in [2.45, 2.75) is 26.1 Å². The highest BCUT2D eigenvalue weighted by atomic mass is 35.5. The fourth-order valence-electron chi connectivity index (χ4n) is 2.40. The zero-order valence-corrected chi connectivity index (χ0v) is 12.8. The number of aryl methyl sites for hydroxylation is 2. The van der Waals surface area contributed by atoms with E-state index in [9.17, 15) is 4.39 Å². The lowest BCUT2D eigenvalue weighted by atomic mass is 10.2. The summed E-state index contributed by atoms with van der Waals surface area (Å²) >= 11 is 6.26. The van der Waals surface area contributed by atoms with Crippen molar-refractivity contribution in [3.63, 3.8) is 0 Å². The van der Waals surface area contributed by atoms with Crippen LogP contribution in [0.15, 0.2) is 30.3 Å². The van der Waals surface area contributed by atoms with Crippen molar-refractivity contribution in [1.29, 1.82) is 0 Å². The summed E-state index contributed by atoms with van der Waals surface area (Å²) in [6.07, 6.45) is 0. The first kappa shape index (κ1) is 14.0. The highest BCUT2D eigenvalue weighted by molar-refractivity contribution is 6.20. The molecule has 108 valence electrons. The van der Waals surface area contributed by atoms with E-state index in [1.807, 2.05) is 37.5 Å². The summed E-state index contributed by atoms with van der Waals surface area (Å²) in [5.41, 5.74) is 4.00. The first-order valence-electron chi connectivity index (χ1n) is 6.74. The molecule has 0 aliphatic rings. The molecule has 3 rings (SSSR count). The Balaban J connectivity index is 2.41. The quantitative estimate of drug-likeness (QED) is 0.654. The molecule has 0 saturated carbocycles. The van der Waals surface area contributed by atoms with Crippen LogP contribution in [0.25, 0.3) is 16.9 Å². The highest BCUT2D eigenvalue weighted by Crippen LogP contribution is 2.29. The summed E-state index contributed by atoms with van der Waals surface area (Å²) in [5, 5.41) is -0.304. The van der Waals surface area contributed by atoms with Crippen LogP contribution in [-0.2, 0) is 0 Å². The molecule has 1 aromatic carbocycles. The summed E-state index contributed by atoms with van der Waals surface area (Å²) in [7, 11) is 0. The molecule has 2 aromatic heterocycles. The molecule has 0 saturated heterocycles. The summed E-state index contributed by atoms with van der Waals surface area (Å²) in [6.45, 7) is 5.69. The van der Waals surface area contributed by atoms with Gasteiger partial charge in [0.25, 0.3) is 0 Å². The predicted molar refractivity (Wildman–Crippen MR) is 82.6 cm³/mol. The van der Waals surface area contributed by atoms with Crippen molar-refractivity contribution >= 4 is 22.8 Å². The number of aromatic nitrogens is 3. The number of benzene rings is 1. The Morgan fingerprint density at radius 3 is 2.62 bits per heavy atom. The Hall–Kier alpha value is -1.94. The van der Waals surface area contributed by atoms with Crippen LogP contribution in [0, 0.1) is 19.7 Å². The standard InChI is InChI=1S/C16H15ClFN3/c1-9-4-6-12(18)8-14(9)21-15(11(3)17)20-13-7-5-10(2)19-16(13)21/h4-8,11H,1-3H3. The van der Waals surface area contributed by atoms with Crippen LogP contribution >= 0.6 is 11.6 Å². The maximum atomic E-state index is 13.7. The zero-order chi connectivity index (χ0) is 15.1. The number of imidazole rings is 1. The predicted octanol–water partition coefficient (Wildman–Crippen LogP) is 4.48. The van der Waals surface area contributed by atoms with E-state index in [1.54, 1.807) is 6.07 Å². The average Bonchev–Trinajstić information content (AvgIpc) is 2.80. The van der Waals surface area contributed by atoms with Gasteiger partial charge in [0.2, 0.25) is 0 Å². The molecule has 0 spiro atoms. The molecule has 0 aliphatic carbocycles. The van der Waals surface area contributed by atoms with E-state index in [2.05, 4.69) is 9.97 Å². The molecule has 0 aliphatic heterocycles. The maximum absolute atomic E-state index is 13.7. The van der Waals surface area contributed by atoms with Gasteiger partial charge in [-0.25, -0.2) is 14.4 Å². The minimum Gasteiger partial charge on any atom is -0.279 e. The first-order valence-corrected chi connectivity index (χ1v) is 7.17. The van der Waals surface area contributed by atoms with Gasteiger partial charge in [0.1, 0.15) is 17.2 Å². The van der Waals surface area contributed by atoms with Crippen molar-refractivity contribution in [2.75, 3.05) is 0 Å². The minimum absolute atomic E-state index is 0.293. The summed E-state index contributed by atoms with van der Waals surface area (Å²) in [6, 6.07) is 8.49. The van der Waals surface area contributed by atoms with Gasteiger partial charge in [-0.2, -0.15) is 0 Å². The van der Waals surface area contributed by atoms with E-state index in [0.29, 0.717) is 11.5 Å². The number of fused-ring (bicyclic) bond motifs is 1. The van der Waals surface area contributed by atoms with Gasteiger partial charge >= 0.3 is 0 Å². The van der Waals surface area contributed by atoms with E-state index in [1.165, 1.54) is 12.1 Å². The molecule has 0 radical (unpaired) electrons. The fourth-order valence-corrected chi connectivity index (χ4v) is 2.54. The van der Waals surface area contributed by atoms with E-state index >= 15 is 0 Å². The van der Waals surface area contributed by atoms with Crippen LogP contribution < -0.4 is 0 Å². The molecule has 3 aromatic rings. The number of alkyl halides is 1. The van der Waals surface area contributed by atoms with Crippen molar-refractivity contribution in [2.24, 2.45) is 0 Å². The average molecular weight is 304 g/mol. The highest BCUT2D eigenvalue weighted by Gasteiger charge is 2.19. The van der Waals surface area contributed by atoms with Gasteiger partial charge < -0.3 is 0 Å². The Bertz CT molecular complexity index is 824. The normalized spacial score (nSPS) is 12.8. The number of hydrogen-bond donors (Lipinski definition) is 0. The van der Waals surface area contributed by atoms with Crippen molar-refractivity contribution in [1.82, 2.24) is 14.5 Å². The van der Waals surface area contributed by atoms with Gasteiger partial charge in [-0.05, 0) is 50.6 Å². The maximum Gasteiger partial charge on any atom is 0.164 e. The summed E-state index contributed by atoms with van der Waals surface area (Å²) < 4.78 is 15.5. The molecule has 5 heteroatoms. The van der Waals surface area contributed by atoms with E-state index < -0.39 is 0 Å². The van der Waals surface area contributed by atoms with Gasteiger partial charge in [0.15, 0.2) is 5.65 Å². The number of halogens is 2. The smallest absolute Gasteiger partial charge is 0.164 e. The van der Waals surface area contributed by atoms with Gasteiger partial charge in [0, 0.05) is 5.69 Å². The molecule has 3 nitrogen and oxygen atoms in total. The van der Waals surface area contributed by atoms with E-state index in [4.69, 9.17) is 11.6 Å². The lowest BCUT2D eigenvalue weighted by molar-refractivity contribution is 0.625. The molecule has 0 fully saturated rings. The second-order valence-electron chi connectivity index (χ2n) is 5.15. The zero-order valence-electron chi connectivity index (χ0n) is 12.1. The Kier molecular flexibility index (Phi) is 3.41. The fraction of sp³-hybridized carbons (Fsp3) is 0.250. The monoisotopic (exact) mass is 303 g/mol. The van der Waals surface area contributed by atoms with Gasteiger partial charge in [0.05, 0.1) is 11.1 Å². The molecule has 1 atom stereocenters.